The molecule has 0 spiro atoms. The first-order chi connectivity index (χ1) is 7.57. The molecule has 1 aliphatic heterocycles. The summed E-state index contributed by atoms with van der Waals surface area (Å²) >= 11 is 0. The molecule has 96 valence electrons. The summed E-state index contributed by atoms with van der Waals surface area (Å²) < 4.78 is 37.0. The summed E-state index contributed by atoms with van der Waals surface area (Å²) in [6.45, 7) is 1.90. The van der Waals surface area contributed by atoms with Crippen LogP contribution in [0.25, 0.3) is 0 Å². The molecule has 0 radical (unpaired) electrons. The van der Waals surface area contributed by atoms with Crippen molar-refractivity contribution in [1.29, 1.82) is 0 Å². The third-order valence-corrected chi connectivity index (χ3v) is 2.92. The van der Waals surface area contributed by atoms with Crippen LogP contribution < -0.4 is 4.90 Å². The SMILES string of the molecule is Cl.FC(F)(F)c1ccc(N2CCCCC2)cc1. The molecule has 0 unspecified atom stereocenters. The molecule has 1 aliphatic rings. The molecule has 0 aromatic heterocycles. The normalized spacial score (nSPS) is 16.5. The van der Waals surface area contributed by atoms with Gasteiger partial charge in [-0.05, 0) is 43.5 Å². The van der Waals surface area contributed by atoms with Crippen molar-refractivity contribution in [3.63, 3.8) is 0 Å². The average molecular weight is 266 g/mol. The Balaban J connectivity index is 0.00000144. The van der Waals surface area contributed by atoms with E-state index < -0.39 is 11.7 Å². The van der Waals surface area contributed by atoms with Crippen LogP contribution in [0.1, 0.15) is 24.8 Å². The first-order valence-corrected chi connectivity index (χ1v) is 5.49. The van der Waals surface area contributed by atoms with E-state index in [1.165, 1.54) is 6.42 Å². The number of halogens is 4. The summed E-state index contributed by atoms with van der Waals surface area (Å²) in [6, 6.07) is 5.44. The number of piperidine rings is 1. The molecule has 0 bridgehead atoms. The molecule has 2 rings (SSSR count). The third kappa shape index (κ3) is 3.53. The molecule has 1 heterocycles. The van der Waals surface area contributed by atoms with Gasteiger partial charge < -0.3 is 4.90 Å². The van der Waals surface area contributed by atoms with Crippen LogP contribution in [0, 0.1) is 0 Å². The third-order valence-electron chi connectivity index (χ3n) is 2.92. The fourth-order valence-corrected chi connectivity index (χ4v) is 2.01. The van der Waals surface area contributed by atoms with Gasteiger partial charge in [0.15, 0.2) is 0 Å². The number of hydrogen-bond acceptors (Lipinski definition) is 1. The van der Waals surface area contributed by atoms with E-state index in [1.54, 1.807) is 12.1 Å². The minimum Gasteiger partial charge on any atom is -0.372 e. The van der Waals surface area contributed by atoms with Crippen molar-refractivity contribution in [2.24, 2.45) is 0 Å². The number of rotatable bonds is 1. The van der Waals surface area contributed by atoms with E-state index >= 15 is 0 Å². The molecule has 1 nitrogen and oxygen atoms in total. The van der Waals surface area contributed by atoms with Gasteiger partial charge in [0.1, 0.15) is 0 Å². The zero-order valence-corrected chi connectivity index (χ0v) is 10.2. The van der Waals surface area contributed by atoms with Crippen molar-refractivity contribution < 1.29 is 13.2 Å². The van der Waals surface area contributed by atoms with Gasteiger partial charge in [0.2, 0.25) is 0 Å². The fourth-order valence-electron chi connectivity index (χ4n) is 2.01. The first kappa shape index (κ1) is 14.2. The number of hydrogen-bond donors (Lipinski definition) is 0. The minimum absolute atomic E-state index is 0. The van der Waals surface area contributed by atoms with E-state index in [9.17, 15) is 13.2 Å². The maximum Gasteiger partial charge on any atom is 0.416 e. The smallest absolute Gasteiger partial charge is 0.372 e. The molecule has 0 saturated carbocycles. The summed E-state index contributed by atoms with van der Waals surface area (Å²) in [5, 5.41) is 0. The van der Waals surface area contributed by atoms with Crippen molar-refractivity contribution in [1.82, 2.24) is 0 Å². The molecule has 0 aliphatic carbocycles. The van der Waals surface area contributed by atoms with Crippen molar-refractivity contribution in [2.75, 3.05) is 18.0 Å². The Morgan fingerprint density at radius 3 is 1.88 bits per heavy atom. The largest absolute Gasteiger partial charge is 0.416 e. The second kappa shape index (κ2) is 5.63. The predicted molar refractivity (Wildman–Crippen MR) is 64.8 cm³/mol. The molecule has 0 N–H and O–H groups in total. The second-order valence-corrected chi connectivity index (χ2v) is 4.09. The zero-order valence-electron chi connectivity index (χ0n) is 9.33. The highest BCUT2D eigenvalue weighted by atomic mass is 35.5. The van der Waals surface area contributed by atoms with Crippen molar-refractivity contribution in [2.45, 2.75) is 25.4 Å². The van der Waals surface area contributed by atoms with Gasteiger partial charge in [-0.25, -0.2) is 0 Å². The number of anilines is 1. The van der Waals surface area contributed by atoms with Gasteiger partial charge in [-0.3, -0.25) is 0 Å². The summed E-state index contributed by atoms with van der Waals surface area (Å²) in [5.74, 6) is 0. The van der Waals surface area contributed by atoms with E-state index in [-0.39, 0.29) is 12.4 Å². The lowest BCUT2D eigenvalue weighted by atomic mass is 10.1. The van der Waals surface area contributed by atoms with E-state index in [2.05, 4.69) is 4.90 Å². The zero-order chi connectivity index (χ0) is 11.6. The van der Waals surface area contributed by atoms with Crippen LogP contribution in [-0.2, 0) is 6.18 Å². The topological polar surface area (TPSA) is 3.24 Å². The number of alkyl halides is 3. The summed E-state index contributed by atoms with van der Waals surface area (Å²) in [4.78, 5) is 2.14. The van der Waals surface area contributed by atoms with Gasteiger partial charge in [0.05, 0.1) is 5.56 Å². The maximum atomic E-state index is 12.3. The van der Waals surface area contributed by atoms with Crippen LogP contribution in [0.5, 0.6) is 0 Å². The lowest BCUT2D eigenvalue weighted by Gasteiger charge is -2.28. The van der Waals surface area contributed by atoms with Crippen LogP contribution in [0.15, 0.2) is 24.3 Å². The molecule has 5 heteroatoms. The van der Waals surface area contributed by atoms with Gasteiger partial charge in [-0.2, -0.15) is 13.2 Å². The highest BCUT2D eigenvalue weighted by Gasteiger charge is 2.30. The highest BCUT2D eigenvalue weighted by Crippen LogP contribution is 2.30. The second-order valence-electron chi connectivity index (χ2n) is 4.09. The van der Waals surface area contributed by atoms with Crippen LogP contribution in [-0.4, -0.2) is 13.1 Å². The van der Waals surface area contributed by atoms with Crippen LogP contribution in [0.3, 0.4) is 0 Å². The molecule has 1 fully saturated rings. The van der Waals surface area contributed by atoms with Crippen molar-refractivity contribution in [3.05, 3.63) is 29.8 Å². The molecule has 17 heavy (non-hydrogen) atoms. The monoisotopic (exact) mass is 265 g/mol. The summed E-state index contributed by atoms with van der Waals surface area (Å²) in [7, 11) is 0. The standard InChI is InChI=1S/C12H14F3N.ClH/c13-12(14,15)10-4-6-11(7-5-10)16-8-2-1-3-9-16;/h4-7H,1-3,8-9H2;1H. The van der Waals surface area contributed by atoms with Gasteiger partial charge in [-0.1, -0.05) is 0 Å². The highest BCUT2D eigenvalue weighted by molar-refractivity contribution is 5.85. The molecule has 1 aromatic rings. The van der Waals surface area contributed by atoms with Gasteiger partial charge in [0.25, 0.3) is 0 Å². The maximum absolute atomic E-state index is 12.3. The Labute approximate surface area is 105 Å². The Morgan fingerprint density at radius 2 is 1.41 bits per heavy atom. The van der Waals surface area contributed by atoms with E-state index in [1.807, 2.05) is 0 Å². The minimum atomic E-state index is -4.24. The molecular formula is C12H15ClF3N. The van der Waals surface area contributed by atoms with Gasteiger partial charge in [0, 0.05) is 18.8 Å². The van der Waals surface area contributed by atoms with Gasteiger partial charge >= 0.3 is 6.18 Å². The predicted octanol–water partition coefficient (Wildman–Crippen LogP) is 4.12. The van der Waals surface area contributed by atoms with E-state index in [4.69, 9.17) is 0 Å². The average Bonchev–Trinajstić information content (AvgIpc) is 2.29. The van der Waals surface area contributed by atoms with Crippen LogP contribution in [0.2, 0.25) is 0 Å². The Kier molecular flexibility index (Phi) is 4.69. The van der Waals surface area contributed by atoms with Crippen LogP contribution in [0.4, 0.5) is 18.9 Å². The van der Waals surface area contributed by atoms with E-state index in [0.29, 0.717) is 0 Å². The Morgan fingerprint density at radius 1 is 0.882 bits per heavy atom. The fraction of sp³-hybridized carbons (Fsp3) is 0.500. The Hall–Kier alpha value is -0.900. The molecule has 1 saturated heterocycles. The number of benzene rings is 1. The lowest BCUT2D eigenvalue weighted by molar-refractivity contribution is -0.137. The van der Waals surface area contributed by atoms with E-state index in [0.717, 1.165) is 43.8 Å². The quantitative estimate of drug-likeness (QED) is 0.738. The summed E-state index contributed by atoms with van der Waals surface area (Å²) in [5.41, 5.74) is 0.320. The van der Waals surface area contributed by atoms with Crippen molar-refractivity contribution in [3.8, 4) is 0 Å². The Bertz CT molecular complexity index is 342. The molecule has 0 atom stereocenters. The van der Waals surface area contributed by atoms with Gasteiger partial charge in [-0.15, -0.1) is 12.4 Å². The lowest BCUT2D eigenvalue weighted by Crippen LogP contribution is -2.29. The first-order valence-electron chi connectivity index (χ1n) is 5.49. The van der Waals surface area contributed by atoms with Crippen molar-refractivity contribution >= 4 is 18.1 Å². The number of nitrogens with zero attached hydrogens (tertiary/aromatic N) is 1. The summed E-state index contributed by atoms with van der Waals surface area (Å²) in [6.07, 6.45) is -0.764. The molecule has 0 amide bonds. The molecule has 1 aromatic carbocycles. The van der Waals surface area contributed by atoms with Crippen LogP contribution >= 0.6 is 12.4 Å². The molecular weight excluding hydrogens is 251 g/mol.